The summed E-state index contributed by atoms with van der Waals surface area (Å²) in [7, 11) is -2.03. The van der Waals surface area contributed by atoms with Gasteiger partial charge in [-0.1, -0.05) is 68.6 Å². The van der Waals surface area contributed by atoms with Gasteiger partial charge in [-0.15, -0.1) is 0 Å². The molecule has 194 valence electrons. The van der Waals surface area contributed by atoms with E-state index >= 15 is 0 Å². The number of rotatable bonds is 5. The van der Waals surface area contributed by atoms with Crippen molar-refractivity contribution < 1.29 is 14.0 Å². The average Bonchev–Trinajstić information content (AvgIpc) is 3.49. The Balaban J connectivity index is 1.53. The summed E-state index contributed by atoms with van der Waals surface area (Å²) in [6.45, 7) is 11.8. The molecular formula is C29H34ClN3O3Si. The largest absolute Gasteiger partial charge is 0.445 e. The Hall–Kier alpha value is -3.05. The third kappa shape index (κ3) is 6.83. The van der Waals surface area contributed by atoms with Crippen LogP contribution in [0.25, 0.3) is 0 Å². The number of carbonyl (C=O) groups excluding carboxylic acids is 1. The number of halogens is 1. The van der Waals surface area contributed by atoms with Crippen LogP contribution >= 0.6 is 11.6 Å². The number of hydrogen-bond donors (Lipinski definition) is 1. The zero-order chi connectivity index (χ0) is 26.6. The van der Waals surface area contributed by atoms with Gasteiger partial charge in [-0.2, -0.15) is 0 Å². The standard InChI is InChI=1S/C29H34ClN3O3Si/c1-29(2,3)37(4,5)36-25-17-26(33(19-25)28(34)35-20-22-9-7-6-8-10-22)27-31-18-24(32-27)16-13-21-11-14-23(30)15-12-21/h6-12,14-15,18,25-26H,17,19-20H2,1-5H3,(H,31,32)/t25-,26+/m1/s1. The molecule has 3 aromatic rings. The lowest BCUT2D eigenvalue weighted by molar-refractivity contribution is 0.0872. The van der Waals surface area contributed by atoms with E-state index in [0.29, 0.717) is 29.5 Å². The van der Waals surface area contributed by atoms with Gasteiger partial charge in [-0.3, -0.25) is 4.90 Å². The molecule has 1 N–H and O–H groups in total. The lowest BCUT2D eigenvalue weighted by Crippen LogP contribution is -2.44. The summed E-state index contributed by atoms with van der Waals surface area (Å²) in [6.07, 6.45) is 1.88. The summed E-state index contributed by atoms with van der Waals surface area (Å²) in [5, 5.41) is 0.739. The van der Waals surface area contributed by atoms with E-state index in [0.717, 1.165) is 11.1 Å². The van der Waals surface area contributed by atoms with Gasteiger partial charge >= 0.3 is 6.09 Å². The zero-order valence-electron chi connectivity index (χ0n) is 22.0. The van der Waals surface area contributed by atoms with Crippen LogP contribution in [0.3, 0.4) is 0 Å². The molecule has 37 heavy (non-hydrogen) atoms. The van der Waals surface area contributed by atoms with E-state index in [-0.39, 0.29) is 29.9 Å². The number of imidazole rings is 1. The van der Waals surface area contributed by atoms with Crippen molar-refractivity contribution in [2.45, 2.75) is 64.1 Å². The molecule has 6 nitrogen and oxygen atoms in total. The number of aromatic nitrogens is 2. The van der Waals surface area contributed by atoms with Crippen LogP contribution in [0.5, 0.6) is 0 Å². The average molecular weight is 536 g/mol. The SMILES string of the molecule is CC(C)(C)[Si](C)(C)O[C@@H]1C[C@@H](c2ncc(C#Cc3ccc(Cl)cc3)[nH]2)N(C(=O)OCc2ccccc2)C1. The Kier molecular flexibility index (Phi) is 8.13. The Morgan fingerprint density at radius 1 is 1.14 bits per heavy atom. The van der Waals surface area contributed by atoms with E-state index in [1.165, 1.54) is 0 Å². The Bertz CT molecular complexity index is 1270. The first-order chi connectivity index (χ1) is 17.5. The maximum absolute atomic E-state index is 13.2. The number of hydrogen-bond acceptors (Lipinski definition) is 4. The predicted octanol–water partition coefficient (Wildman–Crippen LogP) is 6.94. The van der Waals surface area contributed by atoms with E-state index in [9.17, 15) is 4.79 Å². The van der Waals surface area contributed by atoms with Crippen molar-refractivity contribution in [1.82, 2.24) is 14.9 Å². The number of aromatic amines is 1. The number of benzene rings is 2. The van der Waals surface area contributed by atoms with Gasteiger partial charge < -0.3 is 14.1 Å². The highest BCUT2D eigenvalue weighted by atomic mass is 35.5. The topological polar surface area (TPSA) is 67.5 Å². The third-order valence-electron chi connectivity index (χ3n) is 7.07. The van der Waals surface area contributed by atoms with Crippen LogP contribution in [-0.2, 0) is 15.8 Å². The van der Waals surface area contributed by atoms with Crippen molar-refractivity contribution >= 4 is 26.0 Å². The molecule has 4 rings (SSSR count). The van der Waals surface area contributed by atoms with Crippen LogP contribution in [-0.4, -0.2) is 41.9 Å². The molecule has 1 aromatic heterocycles. The summed E-state index contributed by atoms with van der Waals surface area (Å²) >= 11 is 5.96. The fourth-order valence-corrected chi connectivity index (χ4v) is 5.47. The first kappa shape index (κ1) is 27.0. The highest BCUT2D eigenvalue weighted by molar-refractivity contribution is 6.74. The number of nitrogens with one attached hydrogen (secondary N) is 1. The first-order valence-corrected chi connectivity index (χ1v) is 15.8. The summed E-state index contributed by atoms with van der Waals surface area (Å²) in [5.41, 5.74) is 2.48. The molecule has 1 aliphatic rings. The second kappa shape index (κ2) is 11.1. The number of nitrogens with zero attached hydrogens (tertiary/aromatic N) is 2. The molecule has 1 amide bonds. The smallest absolute Gasteiger partial charge is 0.410 e. The van der Waals surface area contributed by atoms with Gasteiger partial charge in [0.15, 0.2) is 8.32 Å². The molecule has 0 saturated carbocycles. The number of amides is 1. The van der Waals surface area contributed by atoms with Gasteiger partial charge in [0, 0.05) is 23.6 Å². The maximum Gasteiger partial charge on any atom is 0.410 e. The second-order valence-electron chi connectivity index (χ2n) is 10.9. The van der Waals surface area contributed by atoms with Crippen LogP contribution in [0, 0.1) is 11.8 Å². The Morgan fingerprint density at radius 2 is 1.84 bits per heavy atom. The lowest BCUT2D eigenvalue weighted by Gasteiger charge is -2.38. The summed E-state index contributed by atoms with van der Waals surface area (Å²) in [5.74, 6) is 6.91. The minimum atomic E-state index is -2.03. The highest BCUT2D eigenvalue weighted by Gasteiger charge is 2.45. The predicted molar refractivity (Wildman–Crippen MR) is 149 cm³/mol. The summed E-state index contributed by atoms with van der Waals surface area (Å²) < 4.78 is 12.4. The van der Waals surface area contributed by atoms with Crippen LogP contribution in [0.1, 0.15) is 55.9 Å². The number of ether oxygens (including phenoxy) is 1. The van der Waals surface area contributed by atoms with Gasteiger partial charge in [0.2, 0.25) is 0 Å². The molecule has 1 saturated heterocycles. The van der Waals surface area contributed by atoms with E-state index in [2.05, 4.69) is 55.7 Å². The monoisotopic (exact) mass is 535 g/mol. The lowest BCUT2D eigenvalue weighted by atomic mass is 10.2. The van der Waals surface area contributed by atoms with Gasteiger partial charge in [0.1, 0.15) is 18.1 Å². The van der Waals surface area contributed by atoms with Crippen molar-refractivity contribution in [1.29, 1.82) is 0 Å². The van der Waals surface area contributed by atoms with Crippen LogP contribution in [0.15, 0.2) is 60.8 Å². The molecule has 0 spiro atoms. The molecular weight excluding hydrogens is 502 g/mol. The van der Waals surface area contributed by atoms with Crippen molar-refractivity contribution in [3.8, 4) is 11.8 Å². The van der Waals surface area contributed by atoms with E-state index < -0.39 is 8.32 Å². The molecule has 2 atom stereocenters. The molecule has 1 fully saturated rings. The van der Waals surface area contributed by atoms with Gasteiger partial charge in [-0.25, -0.2) is 9.78 Å². The molecule has 0 radical (unpaired) electrons. The highest BCUT2D eigenvalue weighted by Crippen LogP contribution is 2.41. The summed E-state index contributed by atoms with van der Waals surface area (Å²) in [4.78, 5) is 22.9. The van der Waals surface area contributed by atoms with E-state index in [1.807, 2.05) is 54.6 Å². The quantitative estimate of drug-likeness (QED) is 0.284. The number of H-pyrrole nitrogens is 1. The maximum atomic E-state index is 13.2. The molecule has 0 bridgehead atoms. The molecule has 1 aliphatic heterocycles. The number of carbonyl (C=O) groups is 1. The third-order valence-corrected chi connectivity index (χ3v) is 11.9. The van der Waals surface area contributed by atoms with Crippen molar-refractivity contribution in [3.63, 3.8) is 0 Å². The van der Waals surface area contributed by atoms with Crippen LogP contribution in [0.2, 0.25) is 23.2 Å². The first-order valence-electron chi connectivity index (χ1n) is 12.5. The van der Waals surface area contributed by atoms with Gasteiger partial charge in [0.25, 0.3) is 0 Å². The molecule has 0 unspecified atom stereocenters. The van der Waals surface area contributed by atoms with Crippen molar-refractivity contribution in [2.24, 2.45) is 0 Å². The Labute approximate surface area is 225 Å². The van der Waals surface area contributed by atoms with E-state index in [1.54, 1.807) is 11.1 Å². The van der Waals surface area contributed by atoms with E-state index in [4.69, 9.17) is 20.8 Å². The van der Waals surface area contributed by atoms with Crippen LogP contribution < -0.4 is 0 Å². The Morgan fingerprint density at radius 3 is 2.51 bits per heavy atom. The fraction of sp³-hybridized carbons (Fsp3) is 0.379. The normalized spacial score (nSPS) is 17.8. The molecule has 2 heterocycles. The summed E-state index contributed by atoms with van der Waals surface area (Å²) in [6, 6.07) is 16.8. The zero-order valence-corrected chi connectivity index (χ0v) is 23.8. The van der Waals surface area contributed by atoms with Gasteiger partial charge in [0.05, 0.1) is 18.3 Å². The minimum absolute atomic E-state index is 0.0683. The van der Waals surface area contributed by atoms with Crippen molar-refractivity contribution in [3.05, 3.63) is 88.5 Å². The second-order valence-corrected chi connectivity index (χ2v) is 16.1. The molecule has 2 aromatic carbocycles. The molecule has 0 aliphatic carbocycles. The van der Waals surface area contributed by atoms with Crippen molar-refractivity contribution in [2.75, 3.05) is 6.54 Å². The number of likely N-dealkylation sites (tertiary alicyclic amines) is 1. The van der Waals surface area contributed by atoms with Crippen LogP contribution in [0.4, 0.5) is 4.79 Å². The van der Waals surface area contributed by atoms with Gasteiger partial charge in [-0.05, 0) is 53.9 Å². The molecule has 8 heteroatoms. The minimum Gasteiger partial charge on any atom is -0.445 e. The fourth-order valence-electron chi connectivity index (χ4n) is 3.98.